The van der Waals surface area contributed by atoms with Gasteiger partial charge in [0.05, 0.1) is 12.9 Å². The lowest BCUT2D eigenvalue weighted by atomic mass is 10.1. The maximum atomic E-state index is 12.2. The molecule has 0 radical (unpaired) electrons. The number of carbonyl (C=O) groups excluding carboxylic acids is 1. The summed E-state index contributed by atoms with van der Waals surface area (Å²) in [7, 11) is 1.69. The van der Waals surface area contributed by atoms with E-state index in [1.54, 1.807) is 26.1 Å². The van der Waals surface area contributed by atoms with Crippen LogP contribution >= 0.6 is 0 Å². The van der Waals surface area contributed by atoms with Crippen LogP contribution in [0.1, 0.15) is 24.2 Å². The van der Waals surface area contributed by atoms with Gasteiger partial charge in [0.2, 0.25) is 5.95 Å². The van der Waals surface area contributed by atoms with Crippen molar-refractivity contribution in [3.05, 3.63) is 24.0 Å². The molecule has 0 aliphatic carbocycles. The van der Waals surface area contributed by atoms with E-state index in [1.165, 1.54) is 6.26 Å². The zero-order valence-electron chi connectivity index (χ0n) is 12.3. The van der Waals surface area contributed by atoms with E-state index in [4.69, 9.17) is 9.15 Å². The van der Waals surface area contributed by atoms with Crippen LogP contribution in [0.3, 0.4) is 0 Å². The van der Waals surface area contributed by atoms with Crippen LogP contribution in [0.2, 0.25) is 0 Å². The highest BCUT2D eigenvalue weighted by molar-refractivity contribution is 6.00. The summed E-state index contributed by atoms with van der Waals surface area (Å²) < 4.78 is 10.5. The van der Waals surface area contributed by atoms with Crippen LogP contribution in [0.4, 0.5) is 11.8 Å². The third kappa shape index (κ3) is 3.13. The summed E-state index contributed by atoms with van der Waals surface area (Å²) in [5.74, 6) is 0.805. The number of hydrogen-bond donors (Lipinski definition) is 2. The minimum atomic E-state index is -0.490. The average Bonchev–Trinajstić information content (AvgIpc) is 3.01. The molecule has 112 valence electrons. The molecule has 21 heavy (non-hydrogen) atoms. The molecule has 7 nitrogen and oxygen atoms in total. The van der Waals surface area contributed by atoms with Crippen molar-refractivity contribution in [3.63, 3.8) is 0 Å². The van der Waals surface area contributed by atoms with Gasteiger partial charge in [-0.1, -0.05) is 0 Å². The quantitative estimate of drug-likeness (QED) is 0.789. The number of esters is 1. The van der Waals surface area contributed by atoms with E-state index in [0.29, 0.717) is 29.8 Å². The molecule has 0 aromatic carbocycles. The molecule has 2 aromatic heterocycles. The highest BCUT2D eigenvalue weighted by Crippen LogP contribution is 2.28. The van der Waals surface area contributed by atoms with Gasteiger partial charge in [0.25, 0.3) is 0 Å². The molecule has 2 N–H and O–H groups in total. The zero-order chi connectivity index (χ0) is 15.2. The van der Waals surface area contributed by atoms with Gasteiger partial charge >= 0.3 is 5.97 Å². The molecule has 0 spiro atoms. The first-order chi connectivity index (χ1) is 10.2. The van der Waals surface area contributed by atoms with E-state index in [2.05, 4.69) is 20.6 Å². The fourth-order valence-electron chi connectivity index (χ4n) is 1.87. The van der Waals surface area contributed by atoms with Gasteiger partial charge in [-0.25, -0.2) is 9.78 Å². The largest absolute Gasteiger partial charge is 0.463 e. The smallest absolute Gasteiger partial charge is 0.344 e. The third-order valence-electron chi connectivity index (χ3n) is 2.71. The second-order valence-corrected chi connectivity index (χ2v) is 4.10. The number of carbonyl (C=O) groups is 1. The van der Waals surface area contributed by atoms with E-state index in [1.807, 2.05) is 6.92 Å². The summed E-state index contributed by atoms with van der Waals surface area (Å²) in [4.78, 5) is 20.8. The Labute approximate surface area is 122 Å². The number of nitrogens with zero attached hydrogens (tertiary/aromatic N) is 2. The Morgan fingerprint density at radius 1 is 1.38 bits per heavy atom. The lowest BCUT2D eigenvalue weighted by Gasteiger charge is -2.13. The molecular weight excluding hydrogens is 272 g/mol. The average molecular weight is 290 g/mol. The molecule has 0 saturated carbocycles. The van der Waals surface area contributed by atoms with Gasteiger partial charge in [-0.2, -0.15) is 4.98 Å². The fraction of sp³-hybridized carbons (Fsp3) is 0.357. The molecule has 2 heterocycles. The predicted octanol–water partition coefficient (Wildman–Crippen LogP) is 2.39. The van der Waals surface area contributed by atoms with Crippen molar-refractivity contribution >= 4 is 17.7 Å². The zero-order valence-corrected chi connectivity index (χ0v) is 12.3. The number of rotatable bonds is 6. The lowest BCUT2D eigenvalue weighted by Crippen LogP contribution is -2.15. The molecule has 0 aliphatic heterocycles. The van der Waals surface area contributed by atoms with E-state index < -0.39 is 5.97 Å². The van der Waals surface area contributed by atoms with E-state index in [-0.39, 0.29) is 12.2 Å². The normalized spacial score (nSPS) is 10.2. The summed E-state index contributed by atoms with van der Waals surface area (Å²) in [5.41, 5.74) is 0.657. The summed E-state index contributed by atoms with van der Waals surface area (Å²) in [6.07, 6.45) is 1.53. The molecular formula is C14H18N4O3. The first-order valence-electron chi connectivity index (χ1n) is 6.75. The van der Waals surface area contributed by atoms with Gasteiger partial charge in [0.15, 0.2) is 5.76 Å². The van der Waals surface area contributed by atoms with Crippen LogP contribution in [-0.2, 0) is 4.74 Å². The van der Waals surface area contributed by atoms with Crippen molar-refractivity contribution in [2.45, 2.75) is 13.8 Å². The minimum absolute atomic E-state index is 0.260. The minimum Gasteiger partial charge on any atom is -0.463 e. The van der Waals surface area contributed by atoms with Crippen LogP contribution in [0.15, 0.2) is 22.8 Å². The summed E-state index contributed by atoms with van der Waals surface area (Å²) in [6.45, 7) is 4.62. The van der Waals surface area contributed by atoms with Gasteiger partial charge < -0.3 is 19.8 Å². The van der Waals surface area contributed by atoms with Gasteiger partial charge in [0, 0.05) is 13.6 Å². The van der Waals surface area contributed by atoms with Crippen molar-refractivity contribution in [2.75, 3.05) is 30.8 Å². The Morgan fingerprint density at radius 2 is 2.19 bits per heavy atom. The number of ether oxygens (including phenoxy) is 1. The molecule has 0 aliphatic rings. The SMILES string of the molecule is CCNc1nc(NC)c(C(=O)OCC)c(-c2ccco2)n1. The van der Waals surface area contributed by atoms with Crippen LogP contribution in [-0.4, -0.2) is 36.1 Å². The monoisotopic (exact) mass is 290 g/mol. The first-order valence-corrected chi connectivity index (χ1v) is 6.75. The molecule has 0 fully saturated rings. The number of nitrogens with one attached hydrogen (secondary N) is 2. The molecule has 2 rings (SSSR count). The molecule has 0 atom stereocenters. The number of hydrogen-bond acceptors (Lipinski definition) is 7. The summed E-state index contributed by atoms with van der Waals surface area (Å²) in [5, 5.41) is 5.93. The predicted molar refractivity (Wildman–Crippen MR) is 79.4 cm³/mol. The number of furan rings is 1. The van der Waals surface area contributed by atoms with E-state index in [0.717, 1.165) is 0 Å². The molecule has 0 amide bonds. The molecule has 7 heteroatoms. The van der Waals surface area contributed by atoms with Crippen LogP contribution in [0.25, 0.3) is 11.5 Å². The van der Waals surface area contributed by atoms with E-state index >= 15 is 0 Å². The van der Waals surface area contributed by atoms with Crippen molar-refractivity contribution in [3.8, 4) is 11.5 Å². The highest BCUT2D eigenvalue weighted by atomic mass is 16.5. The van der Waals surface area contributed by atoms with Crippen LogP contribution < -0.4 is 10.6 Å². The second-order valence-electron chi connectivity index (χ2n) is 4.10. The van der Waals surface area contributed by atoms with Crippen molar-refractivity contribution in [1.82, 2.24) is 9.97 Å². The van der Waals surface area contributed by atoms with E-state index in [9.17, 15) is 4.79 Å². The third-order valence-corrected chi connectivity index (χ3v) is 2.71. The van der Waals surface area contributed by atoms with Crippen molar-refractivity contribution in [2.24, 2.45) is 0 Å². The number of aromatic nitrogens is 2. The topological polar surface area (TPSA) is 89.3 Å². The van der Waals surface area contributed by atoms with Gasteiger partial charge in [-0.15, -0.1) is 0 Å². The maximum Gasteiger partial charge on any atom is 0.344 e. The molecule has 0 saturated heterocycles. The Balaban J connectivity index is 2.61. The molecule has 0 unspecified atom stereocenters. The number of anilines is 2. The molecule has 0 bridgehead atoms. The summed E-state index contributed by atoms with van der Waals surface area (Å²) >= 11 is 0. The second kappa shape index (κ2) is 6.74. The maximum absolute atomic E-state index is 12.2. The first kappa shape index (κ1) is 14.8. The standard InChI is InChI=1S/C14H18N4O3/c1-4-16-14-17-11(9-7-6-8-21-9)10(12(15-3)18-14)13(19)20-5-2/h6-8H,4-5H2,1-3H3,(H2,15,16,17,18). The Morgan fingerprint density at radius 3 is 2.76 bits per heavy atom. The fourth-order valence-corrected chi connectivity index (χ4v) is 1.87. The van der Waals surface area contributed by atoms with Gasteiger partial charge in [-0.05, 0) is 26.0 Å². The Kier molecular flexibility index (Phi) is 4.76. The van der Waals surface area contributed by atoms with Crippen LogP contribution in [0.5, 0.6) is 0 Å². The summed E-state index contributed by atoms with van der Waals surface area (Å²) in [6, 6.07) is 3.47. The molecule has 2 aromatic rings. The van der Waals surface area contributed by atoms with Crippen molar-refractivity contribution < 1.29 is 13.9 Å². The Bertz CT molecular complexity index is 611. The lowest BCUT2D eigenvalue weighted by molar-refractivity contribution is 0.0527. The van der Waals surface area contributed by atoms with Gasteiger partial charge in [-0.3, -0.25) is 0 Å². The Hall–Kier alpha value is -2.57. The van der Waals surface area contributed by atoms with Crippen molar-refractivity contribution in [1.29, 1.82) is 0 Å². The van der Waals surface area contributed by atoms with Crippen LogP contribution in [0, 0.1) is 0 Å². The highest BCUT2D eigenvalue weighted by Gasteiger charge is 2.24. The van der Waals surface area contributed by atoms with Gasteiger partial charge in [0.1, 0.15) is 17.1 Å².